The Labute approximate surface area is 114 Å². The lowest BCUT2D eigenvalue weighted by Gasteiger charge is -2.53. The van der Waals surface area contributed by atoms with Crippen LogP contribution in [0.15, 0.2) is 0 Å². The Morgan fingerprint density at radius 3 is 1.61 bits per heavy atom. The predicted octanol–water partition coefficient (Wildman–Crippen LogP) is 3.53. The van der Waals surface area contributed by atoms with Crippen LogP contribution in [0.5, 0.6) is 0 Å². The maximum absolute atomic E-state index is 6.01. The van der Waals surface area contributed by atoms with Crippen LogP contribution in [0, 0.1) is 5.92 Å². The van der Waals surface area contributed by atoms with Crippen molar-refractivity contribution in [1.82, 2.24) is 4.57 Å². The average molecular weight is 273 g/mol. The van der Waals surface area contributed by atoms with Crippen LogP contribution in [0.4, 0.5) is 0 Å². The summed E-state index contributed by atoms with van der Waals surface area (Å²) in [7, 11) is 1.27. The van der Waals surface area contributed by atoms with Crippen molar-refractivity contribution in [3.05, 3.63) is 0 Å². The molecule has 4 heteroatoms. The standard InChI is InChI=1S/C14H31NO2Si/c1-11-9-12(2)15(13(3)10-11)18(16-7,17-8)14(4,5)6/h11-13H,9-10H2,1-8H3. The van der Waals surface area contributed by atoms with Gasteiger partial charge in [-0.15, -0.1) is 0 Å². The highest BCUT2D eigenvalue weighted by atomic mass is 28.4. The Bertz CT molecular complexity index is 261. The van der Waals surface area contributed by atoms with Crippen LogP contribution in [0.25, 0.3) is 0 Å². The molecular weight excluding hydrogens is 242 g/mol. The van der Waals surface area contributed by atoms with E-state index in [0.29, 0.717) is 12.1 Å². The van der Waals surface area contributed by atoms with Crippen LogP contribution in [-0.4, -0.2) is 39.6 Å². The minimum absolute atomic E-state index is 0.0413. The normalized spacial score (nSPS) is 31.7. The largest absolute Gasteiger partial charge is 0.433 e. The van der Waals surface area contributed by atoms with Gasteiger partial charge in [0, 0.05) is 31.3 Å². The quantitative estimate of drug-likeness (QED) is 0.734. The van der Waals surface area contributed by atoms with E-state index in [0.717, 1.165) is 5.92 Å². The third kappa shape index (κ3) is 2.67. The molecule has 1 fully saturated rings. The molecular formula is C14H31NO2Si. The van der Waals surface area contributed by atoms with Gasteiger partial charge in [-0.2, -0.15) is 0 Å². The maximum atomic E-state index is 6.01. The zero-order valence-electron chi connectivity index (χ0n) is 13.4. The number of hydrogen-bond donors (Lipinski definition) is 0. The van der Waals surface area contributed by atoms with Gasteiger partial charge in [0.05, 0.1) is 0 Å². The minimum Gasteiger partial charge on any atom is -0.386 e. The van der Waals surface area contributed by atoms with Gasteiger partial charge in [-0.3, -0.25) is 4.57 Å². The van der Waals surface area contributed by atoms with E-state index >= 15 is 0 Å². The fourth-order valence-corrected chi connectivity index (χ4v) is 7.76. The lowest BCUT2D eigenvalue weighted by atomic mass is 9.91. The SMILES string of the molecule is CO[Si](OC)(N1C(C)CC(C)CC1C)C(C)(C)C. The lowest BCUT2D eigenvalue weighted by molar-refractivity contribution is 0.0563. The summed E-state index contributed by atoms with van der Waals surface area (Å²) < 4.78 is 14.6. The second kappa shape index (κ2) is 5.61. The zero-order chi connectivity index (χ0) is 14.1. The van der Waals surface area contributed by atoms with E-state index in [9.17, 15) is 0 Å². The van der Waals surface area contributed by atoms with Crippen molar-refractivity contribution in [2.75, 3.05) is 14.2 Å². The highest BCUT2D eigenvalue weighted by Gasteiger charge is 2.57. The first-order valence-corrected chi connectivity index (χ1v) is 8.84. The maximum Gasteiger partial charge on any atom is 0.433 e. The van der Waals surface area contributed by atoms with E-state index in [4.69, 9.17) is 8.85 Å². The third-order valence-corrected chi connectivity index (χ3v) is 8.84. The van der Waals surface area contributed by atoms with Crippen LogP contribution in [-0.2, 0) is 8.85 Å². The first-order valence-electron chi connectivity index (χ1n) is 7.08. The highest BCUT2D eigenvalue weighted by molar-refractivity contribution is 6.67. The van der Waals surface area contributed by atoms with Crippen molar-refractivity contribution in [3.63, 3.8) is 0 Å². The Morgan fingerprint density at radius 2 is 1.33 bits per heavy atom. The molecule has 1 rings (SSSR count). The summed E-state index contributed by atoms with van der Waals surface area (Å²) in [6, 6.07) is 1.07. The van der Waals surface area contributed by atoms with Gasteiger partial charge in [0.2, 0.25) is 0 Å². The molecule has 1 heterocycles. The fourth-order valence-electron chi connectivity index (χ4n) is 3.80. The lowest BCUT2D eigenvalue weighted by Crippen LogP contribution is -2.69. The molecule has 0 bridgehead atoms. The first kappa shape index (κ1) is 16.2. The molecule has 0 radical (unpaired) electrons. The van der Waals surface area contributed by atoms with E-state index in [1.807, 2.05) is 14.2 Å². The van der Waals surface area contributed by atoms with Crippen molar-refractivity contribution in [3.8, 4) is 0 Å². The minimum atomic E-state index is -2.37. The molecule has 2 atom stereocenters. The summed E-state index contributed by atoms with van der Waals surface area (Å²) in [4.78, 5) is 0. The topological polar surface area (TPSA) is 21.7 Å². The van der Waals surface area contributed by atoms with E-state index in [1.54, 1.807) is 0 Å². The molecule has 0 aromatic heterocycles. The molecule has 0 aliphatic carbocycles. The predicted molar refractivity (Wildman–Crippen MR) is 78.6 cm³/mol. The van der Waals surface area contributed by atoms with Crippen LogP contribution in [0.3, 0.4) is 0 Å². The van der Waals surface area contributed by atoms with Gasteiger partial charge in [0.25, 0.3) is 0 Å². The molecule has 3 nitrogen and oxygen atoms in total. The number of nitrogens with zero attached hydrogens (tertiary/aromatic N) is 1. The Hall–Kier alpha value is 0.0969. The summed E-state index contributed by atoms with van der Waals surface area (Å²) in [5.41, 5.74) is 0. The number of rotatable bonds is 3. The molecule has 1 aliphatic heterocycles. The molecule has 108 valence electrons. The molecule has 0 saturated carbocycles. The van der Waals surface area contributed by atoms with E-state index in [2.05, 4.69) is 46.1 Å². The summed E-state index contributed by atoms with van der Waals surface area (Å²) in [5.74, 6) is 0.798. The van der Waals surface area contributed by atoms with Crippen LogP contribution >= 0.6 is 0 Å². The van der Waals surface area contributed by atoms with Gasteiger partial charge in [-0.05, 0) is 32.6 Å². The molecule has 2 unspecified atom stereocenters. The van der Waals surface area contributed by atoms with E-state index in [1.165, 1.54) is 12.8 Å². The molecule has 0 amide bonds. The molecule has 18 heavy (non-hydrogen) atoms. The summed E-state index contributed by atoms with van der Waals surface area (Å²) in [6.45, 7) is 13.7. The Balaban J connectivity index is 3.13. The van der Waals surface area contributed by atoms with Gasteiger partial charge >= 0.3 is 8.72 Å². The zero-order valence-corrected chi connectivity index (χ0v) is 14.4. The molecule has 1 aliphatic rings. The van der Waals surface area contributed by atoms with Crippen LogP contribution in [0.1, 0.15) is 54.4 Å². The van der Waals surface area contributed by atoms with E-state index in [-0.39, 0.29) is 5.04 Å². The number of piperidine rings is 1. The fraction of sp³-hybridized carbons (Fsp3) is 1.00. The smallest absolute Gasteiger partial charge is 0.386 e. The third-order valence-electron chi connectivity index (χ3n) is 4.28. The first-order chi connectivity index (χ1) is 8.19. The van der Waals surface area contributed by atoms with Crippen molar-refractivity contribution < 1.29 is 8.85 Å². The molecule has 0 aromatic rings. The summed E-state index contributed by atoms with van der Waals surface area (Å²) >= 11 is 0. The summed E-state index contributed by atoms with van der Waals surface area (Å²) in [5, 5.41) is 0.0413. The van der Waals surface area contributed by atoms with Gasteiger partial charge in [-0.1, -0.05) is 27.7 Å². The van der Waals surface area contributed by atoms with Crippen molar-refractivity contribution in [2.24, 2.45) is 5.92 Å². The van der Waals surface area contributed by atoms with Crippen molar-refractivity contribution >= 4 is 8.72 Å². The molecule has 0 aromatic carbocycles. The van der Waals surface area contributed by atoms with Crippen molar-refractivity contribution in [1.29, 1.82) is 0 Å². The Morgan fingerprint density at radius 1 is 0.944 bits per heavy atom. The van der Waals surface area contributed by atoms with Crippen LogP contribution in [0.2, 0.25) is 5.04 Å². The van der Waals surface area contributed by atoms with Gasteiger partial charge in [0.15, 0.2) is 0 Å². The monoisotopic (exact) mass is 273 g/mol. The molecule has 0 spiro atoms. The van der Waals surface area contributed by atoms with Gasteiger partial charge in [-0.25, -0.2) is 0 Å². The number of hydrogen-bond acceptors (Lipinski definition) is 3. The van der Waals surface area contributed by atoms with Gasteiger partial charge < -0.3 is 8.85 Å². The van der Waals surface area contributed by atoms with Crippen molar-refractivity contribution in [2.45, 2.75) is 71.5 Å². The van der Waals surface area contributed by atoms with Gasteiger partial charge in [0.1, 0.15) is 0 Å². The summed E-state index contributed by atoms with van der Waals surface area (Å²) in [6.07, 6.45) is 2.48. The second-order valence-corrected chi connectivity index (χ2v) is 10.9. The molecule has 1 saturated heterocycles. The second-order valence-electron chi connectivity index (χ2n) is 6.92. The van der Waals surface area contributed by atoms with Crippen LogP contribution < -0.4 is 0 Å². The molecule has 0 N–H and O–H groups in total. The van der Waals surface area contributed by atoms with E-state index < -0.39 is 8.72 Å². The highest BCUT2D eigenvalue weighted by Crippen LogP contribution is 2.44. The average Bonchev–Trinajstić information content (AvgIpc) is 2.21. The Kier molecular flexibility index (Phi) is 5.04.